The first kappa shape index (κ1) is 27.4. The number of ether oxygens (including phenoxy) is 1. The number of hydrogen-bond acceptors (Lipinski definition) is 6. The van der Waals surface area contributed by atoms with Crippen LogP contribution >= 0.6 is 0 Å². The number of carbonyl (C=O) groups is 1. The van der Waals surface area contributed by atoms with E-state index >= 15 is 0 Å². The summed E-state index contributed by atoms with van der Waals surface area (Å²) in [6.07, 6.45) is 3.03. The highest BCUT2D eigenvalue weighted by molar-refractivity contribution is 5.84. The number of anilines is 1. The molecule has 2 aromatic carbocycles. The van der Waals surface area contributed by atoms with Crippen LogP contribution in [0.25, 0.3) is 22.0 Å². The number of nitrogens with zero attached hydrogens (tertiary/aromatic N) is 6. The number of alkyl halides is 1. The third kappa shape index (κ3) is 5.30. The Morgan fingerprint density at radius 2 is 1.88 bits per heavy atom. The molecule has 0 N–H and O–H groups in total. The van der Waals surface area contributed by atoms with Crippen LogP contribution in [0.5, 0.6) is 5.75 Å². The lowest BCUT2D eigenvalue weighted by molar-refractivity contribution is -0.129. The maximum Gasteiger partial charge on any atom is 0.274 e. The van der Waals surface area contributed by atoms with E-state index in [1.807, 2.05) is 46.8 Å². The normalized spacial score (nSPS) is 16.4. The second-order valence-corrected chi connectivity index (χ2v) is 10.4. The van der Waals surface area contributed by atoms with Gasteiger partial charge in [0.15, 0.2) is 0 Å². The van der Waals surface area contributed by atoms with Gasteiger partial charge < -0.3 is 14.5 Å². The molecule has 1 aliphatic rings. The lowest BCUT2D eigenvalue weighted by atomic mass is 10.1. The predicted octanol–water partition coefficient (Wildman–Crippen LogP) is 4.30. The summed E-state index contributed by atoms with van der Waals surface area (Å²) in [6, 6.07) is 11.4. The molecule has 4 aromatic rings. The van der Waals surface area contributed by atoms with E-state index in [-0.39, 0.29) is 17.5 Å². The first-order valence-electron chi connectivity index (χ1n) is 13.6. The Kier molecular flexibility index (Phi) is 7.60. The van der Waals surface area contributed by atoms with Crippen molar-refractivity contribution in [3.63, 3.8) is 0 Å². The van der Waals surface area contributed by atoms with Crippen LogP contribution in [0.3, 0.4) is 0 Å². The number of hydrogen-bond donors (Lipinski definition) is 0. The SMILES string of the molecule is CC[C@@H]1CN(C(C)=O)CCN1c1ncc(-c2ccc3c(=O)n(C)n(Cc4cc(C)ccc4OC(C)F)c3c2)cn1. The minimum Gasteiger partial charge on any atom is -0.460 e. The minimum atomic E-state index is -1.45. The van der Waals surface area contributed by atoms with Gasteiger partial charge in [0.1, 0.15) is 5.75 Å². The van der Waals surface area contributed by atoms with Gasteiger partial charge in [-0.15, -0.1) is 0 Å². The third-order valence-electron chi connectivity index (χ3n) is 7.62. The Labute approximate surface area is 232 Å². The Morgan fingerprint density at radius 1 is 1.12 bits per heavy atom. The maximum absolute atomic E-state index is 13.7. The molecule has 0 radical (unpaired) electrons. The summed E-state index contributed by atoms with van der Waals surface area (Å²) in [6.45, 7) is 9.36. The molecule has 0 aliphatic carbocycles. The zero-order valence-corrected chi connectivity index (χ0v) is 23.6. The molecule has 210 valence electrons. The predicted molar refractivity (Wildman–Crippen MR) is 153 cm³/mol. The van der Waals surface area contributed by atoms with Crippen LogP contribution in [0.2, 0.25) is 0 Å². The van der Waals surface area contributed by atoms with Gasteiger partial charge in [-0.1, -0.05) is 30.7 Å². The van der Waals surface area contributed by atoms with Crippen LogP contribution in [0.1, 0.15) is 38.3 Å². The van der Waals surface area contributed by atoms with Crippen molar-refractivity contribution in [2.75, 3.05) is 24.5 Å². The van der Waals surface area contributed by atoms with Crippen molar-refractivity contribution >= 4 is 22.8 Å². The number of benzene rings is 2. The molecule has 1 fully saturated rings. The van der Waals surface area contributed by atoms with E-state index in [2.05, 4.69) is 21.8 Å². The van der Waals surface area contributed by atoms with Crippen LogP contribution in [-0.2, 0) is 18.4 Å². The van der Waals surface area contributed by atoms with Gasteiger partial charge in [-0.25, -0.2) is 14.4 Å². The quantitative estimate of drug-likeness (QED) is 0.344. The molecular formula is C30H35FN6O3. The number of rotatable bonds is 7. The largest absolute Gasteiger partial charge is 0.460 e. The monoisotopic (exact) mass is 546 g/mol. The van der Waals surface area contributed by atoms with Gasteiger partial charge in [-0.05, 0) is 37.1 Å². The summed E-state index contributed by atoms with van der Waals surface area (Å²) in [5.74, 6) is 1.18. The van der Waals surface area contributed by atoms with Crippen LogP contribution in [0.4, 0.5) is 10.3 Å². The molecular weight excluding hydrogens is 511 g/mol. The molecule has 1 amide bonds. The average Bonchev–Trinajstić information content (AvgIpc) is 3.18. The second kappa shape index (κ2) is 11.1. The summed E-state index contributed by atoms with van der Waals surface area (Å²) in [4.78, 5) is 38.3. The van der Waals surface area contributed by atoms with Gasteiger partial charge >= 0.3 is 0 Å². The van der Waals surface area contributed by atoms with Gasteiger partial charge in [0.2, 0.25) is 18.2 Å². The summed E-state index contributed by atoms with van der Waals surface area (Å²) < 4.78 is 22.6. The van der Waals surface area contributed by atoms with Crippen LogP contribution in [0, 0.1) is 6.92 Å². The lowest BCUT2D eigenvalue weighted by Gasteiger charge is -2.40. The first-order chi connectivity index (χ1) is 19.2. The Morgan fingerprint density at radius 3 is 2.55 bits per heavy atom. The number of fused-ring (bicyclic) bond motifs is 1. The fraction of sp³-hybridized carbons (Fsp3) is 0.400. The van der Waals surface area contributed by atoms with Crippen molar-refractivity contribution < 1.29 is 13.9 Å². The van der Waals surface area contributed by atoms with Crippen molar-refractivity contribution in [3.8, 4) is 16.9 Å². The van der Waals surface area contributed by atoms with Crippen molar-refractivity contribution in [1.82, 2.24) is 24.2 Å². The van der Waals surface area contributed by atoms with Gasteiger partial charge in [0, 0.05) is 70.1 Å². The van der Waals surface area contributed by atoms with E-state index in [1.165, 1.54) is 6.92 Å². The summed E-state index contributed by atoms with van der Waals surface area (Å²) in [7, 11) is 1.73. The summed E-state index contributed by atoms with van der Waals surface area (Å²) in [5.41, 5.74) is 4.14. The van der Waals surface area contributed by atoms with Crippen molar-refractivity contribution in [2.24, 2.45) is 7.05 Å². The van der Waals surface area contributed by atoms with Crippen LogP contribution < -0.4 is 15.2 Å². The van der Waals surface area contributed by atoms with E-state index in [0.29, 0.717) is 43.3 Å². The fourth-order valence-corrected chi connectivity index (χ4v) is 5.40. The van der Waals surface area contributed by atoms with Crippen molar-refractivity contribution in [2.45, 2.75) is 53.1 Å². The standard InChI is InChI=1S/C30H35FN6O3/c1-6-25-18-35(21(4)38)11-12-36(25)30-32-15-24(16-33-30)22-8-9-26-27(14-22)37(34(5)29(26)39)17-23-13-19(2)7-10-28(23)40-20(3)31/h7-10,13-16,20,25H,6,11-12,17-18H2,1-5H3/t20?,25-/m1/s1. The smallest absolute Gasteiger partial charge is 0.274 e. The van der Waals surface area contributed by atoms with Crippen molar-refractivity contribution in [1.29, 1.82) is 0 Å². The molecule has 5 rings (SSSR count). The number of carbonyl (C=O) groups excluding carboxylic acids is 1. The molecule has 10 heteroatoms. The van der Waals surface area contributed by atoms with Gasteiger partial charge in [-0.3, -0.25) is 19.0 Å². The molecule has 40 heavy (non-hydrogen) atoms. The molecule has 2 aromatic heterocycles. The zero-order chi connectivity index (χ0) is 28.6. The number of amides is 1. The minimum absolute atomic E-state index is 0.0901. The Bertz CT molecular complexity index is 1590. The van der Waals surface area contributed by atoms with E-state index in [0.717, 1.165) is 34.2 Å². The van der Waals surface area contributed by atoms with Gasteiger partial charge in [0.25, 0.3) is 5.56 Å². The number of piperazine rings is 1. The van der Waals surface area contributed by atoms with Gasteiger partial charge in [0.05, 0.1) is 17.4 Å². The van der Waals surface area contributed by atoms with Crippen LogP contribution in [0.15, 0.2) is 53.6 Å². The Hall–Kier alpha value is -4.21. The molecule has 0 saturated carbocycles. The highest BCUT2D eigenvalue weighted by Crippen LogP contribution is 2.27. The molecule has 0 bridgehead atoms. The zero-order valence-electron chi connectivity index (χ0n) is 23.6. The summed E-state index contributed by atoms with van der Waals surface area (Å²) >= 11 is 0. The molecule has 9 nitrogen and oxygen atoms in total. The average molecular weight is 547 g/mol. The summed E-state index contributed by atoms with van der Waals surface area (Å²) in [5, 5.41) is 0.590. The number of aryl methyl sites for hydroxylation is 1. The molecule has 0 spiro atoms. The maximum atomic E-state index is 13.7. The molecule has 1 aliphatic heterocycles. The third-order valence-corrected chi connectivity index (χ3v) is 7.62. The topological polar surface area (TPSA) is 85.5 Å². The van der Waals surface area contributed by atoms with Gasteiger partial charge in [-0.2, -0.15) is 0 Å². The highest BCUT2D eigenvalue weighted by Gasteiger charge is 2.28. The highest BCUT2D eigenvalue weighted by atomic mass is 19.1. The number of halogens is 1. The van der Waals surface area contributed by atoms with E-state index < -0.39 is 6.36 Å². The molecule has 1 saturated heterocycles. The second-order valence-electron chi connectivity index (χ2n) is 10.4. The molecule has 1 unspecified atom stereocenters. The molecule has 3 heterocycles. The van der Waals surface area contributed by atoms with Crippen LogP contribution in [-0.4, -0.2) is 62.2 Å². The first-order valence-corrected chi connectivity index (χ1v) is 13.6. The van der Waals surface area contributed by atoms with E-state index in [9.17, 15) is 14.0 Å². The van der Waals surface area contributed by atoms with E-state index in [4.69, 9.17) is 4.74 Å². The molecule has 2 atom stereocenters. The van der Waals surface area contributed by atoms with Crippen molar-refractivity contribution in [3.05, 3.63) is 70.3 Å². The Balaban J connectivity index is 1.46. The van der Waals surface area contributed by atoms with E-state index in [1.54, 1.807) is 37.1 Å². The fourth-order valence-electron chi connectivity index (χ4n) is 5.40. The lowest BCUT2D eigenvalue weighted by Crippen LogP contribution is -2.54. The number of aromatic nitrogens is 4.